The standard InChI is InChI=1S/C23H20O2/c1-2-22(23(24)25-17-18-9-5-3-6-10-18)21-15-13-20(14-16-21)19-11-7-4-8-12-19/h2-16H,17H2,1H3. The summed E-state index contributed by atoms with van der Waals surface area (Å²) in [6, 6.07) is 27.8. The van der Waals surface area contributed by atoms with Crippen LogP contribution in [0.2, 0.25) is 0 Å². The summed E-state index contributed by atoms with van der Waals surface area (Å²) in [7, 11) is 0. The number of hydrogen-bond acceptors (Lipinski definition) is 2. The minimum Gasteiger partial charge on any atom is -0.457 e. The SMILES string of the molecule is CC=C(C(=O)OCc1ccccc1)c1ccc(-c2ccccc2)cc1. The highest BCUT2D eigenvalue weighted by molar-refractivity contribution is 6.16. The molecule has 0 fully saturated rings. The lowest BCUT2D eigenvalue weighted by molar-refractivity contribution is -0.137. The second-order valence-electron chi connectivity index (χ2n) is 5.71. The molecule has 0 aromatic heterocycles. The summed E-state index contributed by atoms with van der Waals surface area (Å²) < 4.78 is 5.44. The Bertz CT molecular complexity index is 848. The predicted molar refractivity (Wildman–Crippen MR) is 102 cm³/mol. The van der Waals surface area contributed by atoms with Crippen LogP contribution in [-0.2, 0) is 16.1 Å². The highest BCUT2D eigenvalue weighted by atomic mass is 16.5. The molecule has 0 aliphatic heterocycles. The van der Waals surface area contributed by atoms with Gasteiger partial charge in [-0.1, -0.05) is 91.0 Å². The molecule has 124 valence electrons. The molecule has 0 spiro atoms. The molecule has 25 heavy (non-hydrogen) atoms. The molecule has 0 unspecified atom stereocenters. The molecular formula is C23H20O2. The van der Waals surface area contributed by atoms with E-state index in [-0.39, 0.29) is 12.6 Å². The van der Waals surface area contributed by atoms with Gasteiger partial charge in [0, 0.05) is 0 Å². The van der Waals surface area contributed by atoms with Crippen molar-refractivity contribution < 1.29 is 9.53 Å². The molecule has 0 saturated heterocycles. The molecule has 0 N–H and O–H groups in total. The first-order chi connectivity index (χ1) is 12.3. The zero-order valence-corrected chi connectivity index (χ0v) is 14.2. The lowest BCUT2D eigenvalue weighted by atomic mass is 10.0. The molecule has 2 heteroatoms. The second kappa shape index (κ2) is 8.11. The fourth-order valence-electron chi connectivity index (χ4n) is 2.68. The number of allylic oxidation sites excluding steroid dienone is 1. The Morgan fingerprint density at radius 2 is 1.36 bits per heavy atom. The van der Waals surface area contributed by atoms with Gasteiger partial charge in [0.25, 0.3) is 0 Å². The van der Waals surface area contributed by atoms with Crippen LogP contribution in [0, 0.1) is 0 Å². The fourth-order valence-corrected chi connectivity index (χ4v) is 2.68. The molecule has 0 aliphatic carbocycles. The third kappa shape index (κ3) is 4.24. The zero-order valence-electron chi connectivity index (χ0n) is 14.2. The third-order valence-electron chi connectivity index (χ3n) is 4.02. The van der Waals surface area contributed by atoms with E-state index in [1.807, 2.05) is 79.7 Å². The van der Waals surface area contributed by atoms with E-state index >= 15 is 0 Å². The van der Waals surface area contributed by atoms with Gasteiger partial charge >= 0.3 is 5.97 Å². The van der Waals surface area contributed by atoms with Gasteiger partial charge in [0.1, 0.15) is 6.61 Å². The Balaban J connectivity index is 1.71. The van der Waals surface area contributed by atoms with Crippen molar-refractivity contribution in [2.45, 2.75) is 13.5 Å². The molecule has 0 amide bonds. The molecule has 0 atom stereocenters. The maximum absolute atomic E-state index is 12.4. The van der Waals surface area contributed by atoms with Gasteiger partial charge in [0.05, 0.1) is 5.57 Å². The molecule has 3 aromatic carbocycles. The van der Waals surface area contributed by atoms with E-state index in [1.54, 1.807) is 6.08 Å². The lowest BCUT2D eigenvalue weighted by Crippen LogP contribution is -2.07. The van der Waals surface area contributed by atoms with Crippen molar-refractivity contribution in [2.24, 2.45) is 0 Å². The Morgan fingerprint density at radius 3 is 1.96 bits per heavy atom. The Labute approximate surface area is 148 Å². The average Bonchev–Trinajstić information content (AvgIpc) is 2.69. The van der Waals surface area contributed by atoms with Crippen LogP contribution < -0.4 is 0 Å². The minimum absolute atomic E-state index is 0.277. The van der Waals surface area contributed by atoms with E-state index < -0.39 is 0 Å². The Morgan fingerprint density at radius 1 is 0.800 bits per heavy atom. The first-order valence-electron chi connectivity index (χ1n) is 8.31. The topological polar surface area (TPSA) is 26.3 Å². The molecular weight excluding hydrogens is 308 g/mol. The van der Waals surface area contributed by atoms with Crippen LogP contribution in [0.3, 0.4) is 0 Å². The minimum atomic E-state index is -0.307. The van der Waals surface area contributed by atoms with E-state index in [9.17, 15) is 4.79 Å². The number of esters is 1. The average molecular weight is 328 g/mol. The summed E-state index contributed by atoms with van der Waals surface area (Å²) in [5.41, 5.74) is 4.70. The van der Waals surface area contributed by atoms with E-state index in [0.717, 1.165) is 22.3 Å². The molecule has 0 heterocycles. The van der Waals surface area contributed by atoms with Crippen LogP contribution in [-0.4, -0.2) is 5.97 Å². The van der Waals surface area contributed by atoms with Crippen LogP contribution in [0.15, 0.2) is 91.0 Å². The molecule has 2 nitrogen and oxygen atoms in total. The number of carbonyl (C=O) groups excluding carboxylic acids is 1. The van der Waals surface area contributed by atoms with E-state index in [0.29, 0.717) is 5.57 Å². The van der Waals surface area contributed by atoms with E-state index in [1.165, 1.54) is 0 Å². The van der Waals surface area contributed by atoms with Crippen molar-refractivity contribution >= 4 is 11.5 Å². The number of carbonyl (C=O) groups is 1. The van der Waals surface area contributed by atoms with Crippen LogP contribution in [0.25, 0.3) is 16.7 Å². The van der Waals surface area contributed by atoms with Gasteiger partial charge in [-0.2, -0.15) is 0 Å². The van der Waals surface area contributed by atoms with Crippen LogP contribution >= 0.6 is 0 Å². The maximum Gasteiger partial charge on any atom is 0.338 e. The van der Waals surface area contributed by atoms with E-state index in [2.05, 4.69) is 12.1 Å². The fraction of sp³-hybridized carbons (Fsp3) is 0.0870. The highest BCUT2D eigenvalue weighted by Crippen LogP contribution is 2.23. The molecule has 0 saturated carbocycles. The number of benzene rings is 3. The monoisotopic (exact) mass is 328 g/mol. The number of rotatable bonds is 5. The van der Waals surface area contributed by atoms with Crippen molar-refractivity contribution in [1.82, 2.24) is 0 Å². The molecule has 0 aliphatic rings. The molecule has 3 rings (SSSR count). The zero-order chi connectivity index (χ0) is 17.5. The van der Waals surface area contributed by atoms with Crippen molar-refractivity contribution in [2.75, 3.05) is 0 Å². The third-order valence-corrected chi connectivity index (χ3v) is 4.02. The van der Waals surface area contributed by atoms with Crippen molar-refractivity contribution in [3.05, 3.63) is 102 Å². The van der Waals surface area contributed by atoms with E-state index in [4.69, 9.17) is 4.74 Å². The van der Waals surface area contributed by atoms with Gasteiger partial charge < -0.3 is 4.74 Å². The highest BCUT2D eigenvalue weighted by Gasteiger charge is 2.13. The summed E-state index contributed by atoms with van der Waals surface area (Å²) in [4.78, 5) is 12.4. The van der Waals surface area contributed by atoms with Crippen molar-refractivity contribution in [3.8, 4) is 11.1 Å². The van der Waals surface area contributed by atoms with Crippen LogP contribution in [0.5, 0.6) is 0 Å². The predicted octanol–water partition coefficient (Wildman–Crippen LogP) is 5.50. The van der Waals surface area contributed by atoms with Gasteiger partial charge in [0.15, 0.2) is 0 Å². The van der Waals surface area contributed by atoms with Gasteiger partial charge in [-0.05, 0) is 29.2 Å². The summed E-state index contributed by atoms with van der Waals surface area (Å²) in [5.74, 6) is -0.307. The Kier molecular flexibility index (Phi) is 5.43. The quantitative estimate of drug-likeness (QED) is 0.456. The Hall–Kier alpha value is -3.13. The lowest BCUT2D eigenvalue weighted by Gasteiger charge is -2.09. The normalized spacial score (nSPS) is 11.2. The van der Waals surface area contributed by atoms with Gasteiger partial charge in [-0.3, -0.25) is 0 Å². The van der Waals surface area contributed by atoms with Crippen molar-refractivity contribution in [1.29, 1.82) is 0 Å². The summed E-state index contributed by atoms with van der Waals surface area (Å²) in [6.07, 6.45) is 1.80. The van der Waals surface area contributed by atoms with Crippen LogP contribution in [0.1, 0.15) is 18.1 Å². The van der Waals surface area contributed by atoms with Crippen molar-refractivity contribution in [3.63, 3.8) is 0 Å². The number of hydrogen-bond donors (Lipinski definition) is 0. The summed E-state index contributed by atoms with van der Waals surface area (Å²) in [6.45, 7) is 2.13. The smallest absolute Gasteiger partial charge is 0.338 e. The summed E-state index contributed by atoms with van der Waals surface area (Å²) >= 11 is 0. The second-order valence-corrected chi connectivity index (χ2v) is 5.71. The molecule has 0 bridgehead atoms. The van der Waals surface area contributed by atoms with Gasteiger partial charge in [-0.25, -0.2) is 4.79 Å². The first-order valence-corrected chi connectivity index (χ1v) is 8.31. The van der Waals surface area contributed by atoms with Gasteiger partial charge in [0.2, 0.25) is 0 Å². The van der Waals surface area contributed by atoms with Gasteiger partial charge in [-0.15, -0.1) is 0 Å². The maximum atomic E-state index is 12.4. The number of ether oxygens (including phenoxy) is 1. The molecule has 0 radical (unpaired) electrons. The largest absolute Gasteiger partial charge is 0.457 e. The summed E-state index contributed by atoms with van der Waals surface area (Å²) in [5, 5.41) is 0. The molecule has 3 aromatic rings. The first kappa shape index (κ1) is 16.7. The van der Waals surface area contributed by atoms with Crippen LogP contribution in [0.4, 0.5) is 0 Å².